The molecule has 1 aliphatic carbocycles. The number of amides is 1. The quantitative estimate of drug-likeness (QED) is 0.798. The van der Waals surface area contributed by atoms with Gasteiger partial charge in [-0.05, 0) is 19.8 Å². The minimum absolute atomic E-state index is 0.268. The zero-order valence-corrected chi connectivity index (χ0v) is 14.3. The summed E-state index contributed by atoms with van der Waals surface area (Å²) in [4.78, 5) is 19.4. The highest BCUT2D eigenvalue weighted by Crippen LogP contribution is 2.28. The van der Waals surface area contributed by atoms with Crippen molar-refractivity contribution in [2.75, 3.05) is 52.4 Å². The summed E-state index contributed by atoms with van der Waals surface area (Å²) in [6.45, 7) is 8.24. The van der Waals surface area contributed by atoms with Crippen molar-refractivity contribution in [2.45, 2.75) is 50.9 Å². The maximum absolute atomic E-state index is 12.8. The lowest BCUT2D eigenvalue weighted by molar-refractivity contribution is -0.151. The first-order valence-corrected chi connectivity index (χ1v) is 9.17. The molecule has 132 valence electrons. The lowest BCUT2D eigenvalue weighted by Gasteiger charge is -2.44. The highest BCUT2D eigenvalue weighted by molar-refractivity contribution is 5.78. The van der Waals surface area contributed by atoms with Crippen molar-refractivity contribution in [2.24, 2.45) is 0 Å². The van der Waals surface area contributed by atoms with Gasteiger partial charge < -0.3 is 14.7 Å². The molecule has 2 heterocycles. The van der Waals surface area contributed by atoms with Crippen LogP contribution < -0.4 is 0 Å². The Kier molecular flexibility index (Phi) is 5.91. The summed E-state index contributed by atoms with van der Waals surface area (Å²) in [5.74, 6) is 0.272. The zero-order valence-electron chi connectivity index (χ0n) is 14.3. The Morgan fingerprint density at radius 2 is 1.83 bits per heavy atom. The molecular weight excluding hydrogens is 294 g/mol. The van der Waals surface area contributed by atoms with E-state index < -0.39 is 0 Å². The number of aliphatic hydroxyl groups excluding tert-OH is 1. The van der Waals surface area contributed by atoms with Crippen molar-refractivity contribution in [3.05, 3.63) is 0 Å². The number of nitrogens with zero attached hydrogens (tertiary/aromatic N) is 3. The monoisotopic (exact) mass is 325 g/mol. The first kappa shape index (κ1) is 17.1. The molecule has 0 radical (unpaired) electrons. The van der Waals surface area contributed by atoms with Gasteiger partial charge in [0.25, 0.3) is 0 Å². The molecule has 0 aromatic rings. The molecule has 3 rings (SSSR count). The number of carbonyl (C=O) groups is 1. The van der Waals surface area contributed by atoms with Crippen LogP contribution >= 0.6 is 0 Å². The maximum atomic E-state index is 12.8. The van der Waals surface area contributed by atoms with Crippen molar-refractivity contribution in [3.8, 4) is 0 Å². The van der Waals surface area contributed by atoms with E-state index in [2.05, 4.69) is 14.7 Å². The minimum atomic E-state index is -0.278. The molecule has 0 aromatic carbocycles. The van der Waals surface area contributed by atoms with E-state index in [0.29, 0.717) is 19.2 Å². The van der Waals surface area contributed by atoms with E-state index in [1.807, 2.05) is 6.92 Å². The third-order valence-electron chi connectivity index (χ3n) is 5.40. The average Bonchev–Trinajstić information content (AvgIpc) is 2.55. The molecule has 6 nitrogen and oxygen atoms in total. The van der Waals surface area contributed by atoms with Crippen molar-refractivity contribution in [3.63, 3.8) is 0 Å². The number of carbonyl (C=O) groups excluding carboxylic acids is 1. The number of rotatable bonds is 4. The molecule has 0 unspecified atom stereocenters. The molecule has 1 N–H and O–H groups in total. The topological polar surface area (TPSA) is 56.2 Å². The number of morpholine rings is 1. The number of piperazine rings is 1. The molecule has 0 spiro atoms. The van der Waals surface area contributed by atoms with Gasteiger partial charge in [0.1, 0.15) is 0 Å². The highest BCUT2D eigenvalue weighted by atomic mass is 16.5. The maximum Gasteiger partial charge on any atom is 0.237 e. The van der Waals surface area contributed by atoms with Crippen LogP contribution in [0.3, 0.4) is 0 Å². The summed E-state index contributed by atoms with van der Waals surface area (Å²) in [7, 11) is 0. The minimum Gasteiger partial charge on any atom is -0.392 e. The smallest absolute Gasteiger partial charge is 0.237 e. The van der Waals surface area contributed by atoms with Gasteiger partial charge in [-0.1, -0.05) is 12.8 Å². The Morgan fingerprint density at radius 3 is 2.57 bits per heavy atom. The fourth-order valence-corrected chi connectivity index (χ4v) is 4.19. The van der Waals surface area contributed by atoms with E-state index in [4.69, 9.17) is 4.74 Å². The standard InChI is InChI=1S/C17H31N3O3/c1-14(21)12-18-6-8-19(9-7-18)13-17(22)20-10-11-23-16-5-3-2-4-15(16)20/h14-16,21H,2-13H2,1H3/t14-,15+,16-/m0/s1. The van der Waals surface area contributed by atoms with Crippen LogP contribution in [0, 0.1) is 0 Å². The van der Waals surface area contributed by atoms with Gasteiger partial charge in [-0.25, -0.2) is 0 Å². The Labute approximate surface area is 139 Å². The van der Waals surface area contributed by atoms with Crippen LogP contribution in [0.15, 0.2) is 0 Å². The Balaban J connectivity index is 1.47. The van der Waals surface area contributed by atoms with E-state index in [1.165, 1.54) is 12.8 Å². The molecule has 3 atom stereocenters. The van der Waals surface area contributed by atoms with Crippen LogP contribution in [0.4, 0.5) is 0 Å². The molecule has 1 saturated carbocycles. The van der Waals surface area contributed by atoms with Crippen molar-refractivity contribution >= 4 is 5.91 Å². The third kappa shape index (κ3) is 4.44. The summed E-state index contributed by atoms with van der Waals surface area (Å²) in [5, 5.41) is 9.47. The SMILES string of the molecule is C[C@H](O)CN1CCN(CC(=O)N2CCO[C@H]3CCCC[C@H]32)CC1. The predicted molar refractivity (Wildman–Crippen MR) is 88.3 cm³/mol. The molecule has 6 heteroatoms. The summed E-state index contributed by atoms with van der Waals surface area (Å²) >= 11 is 0. The van der Waals surface area contributed by atoms with E-state index in [-0.39, 0.29) is 18.1 Å². The summed E-state index contributed by atoms with van der Waals surface area (Å²) in [6, 6.07) is 0.307. The number of fused-ring (bicyclic) bond motifs is 1. The molecular formula is C17H31N3O3. The number of hydrogen-bond donors (Lipinski definition) is 1. The molecule has 2 saturated heterocycles. The first-order valence-electron chi connectivity index (χ1n) is 9.17. The molecule has 3 aliphatic rings. The molecule has 2 aliphatic heterocycles. The van der Waals surface area contributed by atoms with Crippen molar-refractivity contribution in [1.29, 1.82) is 0 Å². The van der Waals surface area contributed by atoms with Gasteiger partial charge in [-0.3, -0.25) is 14.6 Å². The summed E-state index contributed by atoms with van der Waals surface area (Å²) in [5.41, 5.74) is 0. The highest BCUT2D eigenvalue weighted by Gasteiger charge is 2.37. The molecule has 1 amide bonds. The molecule has 0 aromatic heterocycles. The number of hydrogen-bond acceptors (Lipinski definition) is 5. The van der Waals surface area contributed by atoms with Gasteiger partial charge in [0.2, 0.25) is 5.91 Å². The molecule has 0 bridgehead atoms. The molecule has 3 fully saturated rings. The van der Waals surface area contributed by atoms with Crippen LogP contribution in [0.2, 0.25) is 0 Å². The van der Waals surface area contributed by atoms with Gasteiger partial charge in [-0.2, -0.15) is 0 Å². The first-order chi connectivity index (χ1) is 11.1. The zero-order chi connectivity index (χ0) is 16.2. The normalized spacial score (nSPS) is 31.7. The van der Waals surface area contributed by atoms with Gasteiger partial charge in [0, 0.05) is 39.3 Å². The second kappa shape index (κ2) is 7.92. The van der Waals surface area contributed by atoms with E-state index in [9.17, 15) is 9.90 Å². The van der Waals surface area contributed by atoms with Crippen molar-refractivity contribution < 1.29 is 14.6 Å². The van der Waals surface area contributed by atoms with Gasteiger partial charge >= 0.3 is 0 Å². The summed E-state index contributed by atoms with van der Waals surface area (Å²) < 4.78 is 5.87. The predicted octanol–water partition coefficient (Wildman–Crippen LogP) is 0.155. The second-order valence-corrected chi connectivity index (χ2v) is 7.27. The fourth-order valence-electron chi connectivity index (χ4n) is 4.19. The van der Waals surface area contributed by atoms with E-state index in [0.717, 1.165) is 52.1 Å². The van der Waals surface area contributed by atoms with Crippen LogP contribution in [-0.2, 0) is 9.53 Å². The summed E-state index contributed by atoms with van der Waals surface area (Å²) in [6.07, 6.45) is 4.63. The van der Waals surface area contributed by atoms with E-state index in [1.54, 1.807) is 0 Å². The van der Waals surface area contributed by atoms with Gasteiger partial charge in [-0.15, -0.1) is 0 Å². The Hall–Kier alpha value is -0.690. The fraction of sp³-hybridized carbons (Fsp3) is 0.941. The second-order valence-electron chi connectivity index (χ2n) is 7.27. The lowest BCUT2D eigenvalue weighted by Crippen LogP contribution is -2.58. The Morgan fingerprint density at radius 1 is 1.13 bits per heavy atom. The third-order valence-corrected chi connectivity index (χ3v) is 5.40. The van der Waals surface area contributed by atoms with Crippen LogP contribution in [0.5, 0.6) is 0 Å². The lowest BCUT2D eigenvalue weighted by atomic mass is 9.90. The van der Waals surface area contributed by atoms with Crippen molar-refractivity contribution in [1.82, 2.24) is 14.7 Å². The number of β-amino-alcohol motifs (C(OH)–C–C–N with tert-alkyl or cyclic N) is 1. The average molecular weight is 325 g/mol. The number of aliphatic hydroxyl groups is 1. The largest absolute Gasteiger partial charge is 0.392 e. The van der Waals surface area contributed by atoms with Gasteiger partial charge in [0.15, 0.2) is 0 Å². The molecule has 23 heavy (non-hydrogen) atoms. The number of ether oxygens (including phenoxy) is 1. The van der Waals surface area contributed by atoms with E-state index >= 15 is 0 Å². The van der Waals surface area contributed by atoms with Crippen LogP contribution in [0.1, 0.15) is 32.6 Å². The van der Waals surface area contributed by atoms with Crippen LogP contribution in [0.25, 0.3) is 0 Å². The Bertz CT molecular complexity index is 395. The van der Waals surface area contributed by atoms with Crippen LogP contribution in [-0.4, -0.2) is 96.4 Å². The van der Waals surface area contributed by atoms with Gasteiger partial charge in [0.05, 0.1) is 31.4 Å².